The first kappa shape index (κ1) is 21.2. The van der Waals surface area contributed by atoms with E-state index in [9.17, 15) is 22.4 Å². The minimum atomic E-state index is -3.14. The van der Waals surface area contributed by atoms with Crippen LogP contribution in [0.15, 0.2) is 24.3 Å². The summed E-state index contributed by atoms with van der Waals surface area (Å²) in [5.41, 5.74) is 0.972. The second-order valence-corrected chi connectivity index (χ2v) is 9.42. The van der Waals surface area contributed by atoms with Gasteiger partial charge in [-0.05, 0) is 45.4 Å². The van der Waals surface area contributed by atoms with Crippen molar-refractivity contribution in [3.05, 3.63) is 41.3 Å². The lowest BCUT2D eigenvalue weighted by atomic mass is 10.1. The second-order valence-electron chi connectivity index (χ2n) is 7.19. The van der Waals surface area contributed by atoms with E-state index in [1.165, 1.54) is 30.0 Å². The van der Waals surface area contributed by atoms with E-state index in [2.05, 4.69) is 4.98 Å². The van der Waals surface area contributed by atoms with E-state index in [0.29, 0.717) is 29.6 Å². The van der Waals surface area contributed by atoms with Crippen LogP contribution in [0.5, 0.6) is 0 Å². The Hall–Kier alpha value is -2.55. The van der Waals surface area contributed by atoms with Gasteiger partial charge < -0.3 is 9.64 Å². The lowest BCUT2D eigenvalue weighted by molar-refractivity contribution is -0.141. The number of benzene rings is 1. The van der Waals surface area contributed by atoms with E-state index in [-0.39, 0.29) is 17.1 Å². The molecule has 0 aliphatic carbocycles. The summed E-state index contributed by atoms with van der Waals surface area (Å²) in [5.74, 6) is -1.59. The number of fused-ring (bicyclic) bond motifs is 1. The van der Waals surface area contributed by atoms with Gasteiger partial charge in [-0.15, -0.1) is 0 Å². The molecule has 0 bridgehead atoms. The second kappa shape index (κ2) is 8.06. The number of rotatable bonds is 5. The molecule has 1 aromatic heterocycles. The van der Waals surface area contributed by atoms with Crippen molar-refractivity contribution in [1.29, 1.82) is 0 Å². The summed E-state index contributed by atoms with van der Waals surface area (Å²) in [6, 6.07) is 5.21. The largest absolute Gasteiger partial charge is 0.449 e. The molecule has 7 nitrogen and oxygen atoms in total. The number of halogens is 1. The molecule has 0 unspecified atom stereocenters. The van der Waals surface area contributed by atoms with E-state index in [1.807, 2.05) is 0 Å². The standard InChI is InChI=1S/C20H23FN2O5S/c1-4-23(16-7-8-29(26,27)11-16)19(24)13(3)28-20(25)17-9-14-5-6-15(21)10-18(14)22-12(17)2/h5-6,9-10,13,16H,4,7-8,11H2,1-3H3/t13-,16+/m0/s1. The lowest BCUT2D eigenvalue weighted by Crippen LogP contribution is -2.46. The molecule has 1 aromatic carbocycles. The fourth-order valence-electron chi connectivity index (χ4n) is 3.57. The van der Waals surface area contributed by atoms with Gasteiger partial charge >= 0.3 is 5.97 Å². The molecule has 3 rings (SSSR count). The third kappa shape index (κ3) is 4.55. The maximum absolute atomic E-state index is 13.4. The monoisotopic (exact) mass is 422 g/mol. The number of ether oxygens (including phenoxy) is 1. The molecule has 2 heterocycles. The predicted octanol–water partition coefficient (Wildman–Crippen LogP) is 2.26. The van der Waals surface area contributed by atoms with Crippen LogP contribution < -0.4 is 0 Å². The van der Waals surface area contributed by atoms with Crippen molar-refractivity contribution >= 4 is 32.6 Å². The third-order valence-corrected chi connectivity index (χ3v) is 6.85. The van der Waals surface area contributed by atoms with Crippen molar-refractivity contribution in [3.63, 3.8) is 0 Å². The Kier molecular flexibility index (Phi) is 5.88. The van der Waals surface area contributed by atoms with Crippen molar-refractivity contribution in [1.82, 2.24) is 9.88 Å². The minimum absolute atomic E-state index is 0.0537. The summed E-state index contributed by atoms with van der Waals surface area (Å²) in [6.07, 6.45) is -0.693. The number of pyridine rings is 1. The first-order valence-corrected chi connectivity index (χ1v) is 11.2. The summed E-state index contributed by atoms with van der Waals surface area (Å²) in [7, 11) is -3.14. The van der Waals surface area contributed by atoms with Crippen molar-refractivity contribution in [2.75, 3.05) is 18.1 Å². The number of hydrogen-bond donors (Lipinski definition) is 0. The molecule has 29 heavy (non-hydrogen) atoms. The predicted molar refractivity (Wildman–Crippen MR) is 106 cm³/mol. The molecule has 1 fully saturated rings. The molecule has 0 radical (unpaired) electrons. The highest BCUT2D eigenvalue weighted by Gasteiger charge is 2.36. The van der Waals surface area contributed by atoms with Gasteiger partial charge in [-0.3, -0.25) is 9.78 Å². The third-order valence-electron chi connectivity index (χ3n) is 5.09. The first-order chi connectivity index (χ1) is 13.6. The van der Waals surface area contributed by atoms with Crippen LogP contribution in [-0.4, -0.2) is 60.4 Å². The zero-order valence-corrected chi connectivity index (χ0v) is 17.3. The zero-order valence-electron chi connectivity index (χ0n) is 16.5. The van der Waals surface area contributed by atoms with Gasteiger partial charge in [0.05, 0.1) is 28.3 Å². The highest BCUT2D eigenvalue weighted by atomic mass is 32.2. The zero-order chi connectivity index (χ0) is 21.3. The Morgan fingerprint density at radius 2 is 2.07 bits per heavy atom. The molecule has 0 spiro atoms. The summed E-state index contributed by atoms with van der Waals surface area (Å²) in [6.45, 7) is 5.15. The van der Waals surface area contributed by atoms with Crippen LogP contribution in [0.25, 0.3) is 10.9 Å². The maximum atomic E-state index is 13.4. The van der Waals surface area contributed by atoms with Crippen molar-refractivity contribution in [2.45, 2.75) is 39.3 Å². The van der Waals surface area contributed by atoms with Crippen molar-refractivity contribution < 1.29 is 27.1 Å². The molecule has 1 aliphatic rings. The number of carbonyl (C=O) groups excluding carboxylic acids is 2. The highest BCUT2D eigenvalue weighted by Crippen LogP contribution is 2.21. The van der Waals surface area contributed by atoms with E-state index < -0.39 is 39.7 Å². The minimum Gasteiger partial charge on any atom is -0.449 e. The average molecular weight is 422 g/mol. The molecule has 0 saturated carbocycles. The Labute approximate surface area is 168 Å². The molecule has 2 aromatic rings. The van der Waals surface area contributed by atoms with Gasteiger partial charge in [0.1, 0.15) is 5.82 Å². The SMILES string of the molecule is CCN(C(=O)[C@H](C)OC(=O)c1cc2ccc(F)cc2nc1C)[C@@H]1CCS(=O)(=O)C1. The number of hydrogen-bond acceptors (Lipinski definition) is 6. The fraction of sp³-hybridized carbons (Fsp3) is 0.450. The van der Waals surface area contributed by atoms with Crippen LogP contribution in [0.4, 0.5) is 4.39 Å². The average Bonchev–Trinajstić information content (AvgIpc) is 3.00. The van der Waals surface area contributed by atoms with E-state index in [1.54, 1.807) is 19.9 Å². The van der Waals surface area contributed by atoms with Gasteiger partial charge in [-0.25, -0.2) is 17.6 Å². The Bertz CT molecular complexity index is 1070. The molecular formula is C20H23FN2O5S. The number of aromatic nitrogens is 1. The molecule has 1 saturated heterocycles. The Morgan fingerprint density at radius 1 is 1.34 bits per heavy atom. The molecule has 156 valence electrons. The smallest absolute Gasteiger partial charge is 0.340 e. The van der Waals surface area contributed by atoms with Gasteiger partial charge in [-0.1, -0.05) is 0 Å². The molecule has 1 aliphatic heterocycles. The maximum Gasteiger partial charge on any atom is 0.340 e. The number of carbonyl (C=O) groups is 2. The summed E-state index contributed by atoms with van der Waals surface area (Å²) in [4.78, 5) is 31.1. The van der Waals surface area contributed by atoms with Crippen LogP contribution in [0.1, 0.15) is 36.3 Å². The fourth-order valence-corrected chi connectivity index (χ4v) is 5.30. The molecule has 0 N–H and O–H groups in total. The van der Waals surface area contributed by atoms with Crippen molar-refractivity contribution in [2.24, 2.45) is 0 Å². The van der Waals surface area contributed by atoms with E-state index >= 15 is 0 Å². The molecular weight excluding hydrogens is 399 g/mol. The van der Waals surface area contributed by atoms with Crippen LogP contribution in [0.3, 0.4) is 0 Å². The summed E-state index contributed by atoms with van der Waals surface area (Å²) >= 11 is 0. The summed E-state index contributed by atoms with van der Waals surface area (Å²) < 4.78 is 42.2. The lowest BCUT2D eigenvalue weighted by Gasteiger charge is -2.29. The number of aryl methyl sites for hydroxylation is 1. The molecule has 1 amide bonds. The molecule has 9 heteroatoms. The van der Waals surface area contributed by atoms with Gasteiger partial charge in [0, 0.05) is 24.0 Å². The number of nitrogens with zero attached hydrogens (tertiary/aromatic N) is 2. The van der Waals surface area contributed by atoms with E-state index in [4.69, 9.17) is 4.74 Å². The number of amides is 1. The van der Waals surface area contributed by atoms with Gasteiger partial charge in [0.15, 0.2) is 15.9 Å². The van der Waals surface area contributed by atoms with Crippen LogP contribution >= 0.6 is 0 Å². The van der Waals surface area contributed by atoms with Gasteiger partial charge in [0.25, 0.3) is 5.91 Å². The number of likely N-dealkylation sites (N-methyl/N-ethyl adjacent to an activating group) is 1. The van der Waals surface area contributed by atoms with E-state index in [0.717, 1.165) is 0 Å². The number of esters is 1. The Balaban J connectivity index is 1.75. The van der Waals surface area contributed by atoms with Crippen LogP contribution in [0, 0.1) is 12.7 Å². The normalized spacial score (nSPS) is 19.1. The quantitative estimate of drug-likeness (QED) is 0.686. The van der Waals surface area contributed by atoms with Gasteiger partial charge in [0.2, 0.25) is 0 Å². The number of sulfone groups is 1. The highest BCUT2D eigenvalue weighted by molar-refractivity contribution is 7.91. The van der Waals surface area contributed by atoms with Gasteiger partial charge in [-0.2, -0.15) is 0 Å². The Morgan fingerprint density at radius 3 is 2.69 bits per heavy atom. The van der Waals surface area contributed by atoms with Crippen LogP contribution in [-0.2, 0) is 19.4 Å². The first-order valence-electron chi connectivity index (χ1n) is 9.40. The van der Waals surface area contributed by atoms with Crippen molar-refractivity contribution in [3.8, 4) is 0 Å². The summed E-state index contributed by atoms with van der Waals surface area (Å²) in [5, 5.41) is 0.578. The molecule has 2 atom stereocenters. The van der Waals surface area contributed by atoms with Crippen LogP contribution in [0.2, 0.25) is 0 Å². The topological polar surface area (TPSA) is 93.6 Å².